The second kappa shape index (κ2) is 10.0. The van der Waals surface area contributed by atoms with E-state index in [1.54, 1.807) is 12.1 Å². The van der Waals surface area contributed by atoms with Crippen LogP contribution in [-0.2, 0) is 25.4 Å². The van der Waals surface area contributed by atoms with Crippen molar-refractivity contribution in [2.24, 2.45) is 5.73 Å². The number of pyridine rings is 1. The predicted molar refractivity (Wildman–Crippen MR) is 121 cm³/mol. The number of primary amides is 1. The molecule has 2 fully saturated rings. The Hall–Kier alpha value is -3.14. The zero-order valence-corrected chi connectivity index (χ0v) is 18.4. The molecule has 1 aromatic heterocycles. The number of carbonyl (C=O) groups is 1. The SMILES string of the molecule is NC(=O)c1ncccc1C[C@H]1OC(c2ccccc2)O[C@H]2[C@H]1OC(c1ccccc1)O[C@@H]2CO. The number of fused-ring (bicyclic) bond motifs is 1. The highest BCUT2D eigenvalue weighted by molar-refractivity contribution is 5.92. The lowest BCUT2D eigenvalue weighted by atomic mass is 9.93. The van der Waals surface area contributed by atoms with E-state index >= 15 is 0 Å². The smallest absolute Gasteiger partial charge is 0.267 e. The molecule has 176 valence electrons. The molecule has 3 N–H and O–H groups in total. The van der Waals surface area contributed by atoms with Gasteiger partial charge in [0.1, 0.15) is 24.0 Å². The highest BCUT2D eigenvalue weighted by atomic mass is 16.8. The Bertz CT molecular complexity index is 1110. The first-order valence-corrected chi connectivity index (χ1v) is 11.2. The van der Waals surface area contributed by atoms with Crippen molar-refractivity contribution in [2.45, 2.75) is 43.4 Å². The molecule has 2 aromatic carbocycles. The molecule has 5 rings (SSSR count). The minimum absolute atomic E-state index is 0.191. The van der Waals surface area contributed by atoms with Crippen LogP contribution in [0.3, 0.4) is 0 Å². The molecule has 0 radical (unpaired) electrons. The Balaban J connectivity index is 1.50. The minimum atomic E-state index is -0.702. The van der Waals surface area contributed by atoms with Gasteiger partial charge in [-0.25, -0.2) is 0 Å². The molecule has 34 heavy (non-hydrogen) atoms. The summed E-state index contributed by atoms with van der Waals surface area (Å²) in [6, 6.07) is 22.6. The van der Waals surface area contributed by atoms with Crippen LogP contribution >= 0.6 is 0 Å². The van der Waals surface area contributed by atoms with Crippen LogP contribution in [0, 0.1) is 0 Å². The van der Waals surface area contributed by atoms with Crippen molar-refractivity contribution >= 4 is 5.91 Å². The Kier molecular flexibility index (Phi) is 6.66. The summed E-state index contributed by atoms with van der Waals surface area (Å²) < 4.78 is 25.1. The first-order valence-electron chi connectivity index (χ1n) is 11.2. The molecule has 3 heterocycles. The lowest BCUT2D eigenvalue weighted by Gasteiger charge is -2.49. The van der Waals surface area contributed by atoms with Crippen LogP contribution in [-0.4, -0.2) is 47.0 Å². The van der Waals surface area contributed by atoms with E-state index in [9.17, 15) is 9.90 Å². The molecule has 1 amide bonds. The van der Waals surface area contributed by atoms with Gasteiger partial charge in [-0.15, -0.1) is 0 Å². The lowest BCUT2D eigenvalue weighted by molar-refractivity contribution is -0.384. The maximum atomic E-state index is 12.0. The number of benzene rings is 2. The fourth-order valence-electron chi connectivity index (χ4n) is 4.46. The van der Waals surface area contributed by atoms with Crippen molar-refractivity contribution in [3.8, 4) is 0 Å². The molecule has 0 bridgehead atoms. The second-order valence-electron chi connectivity index (χ2n) is 8.30. The maximum absolute atomic E-state index is 12.0. The fraction of sp³-hybridized carbons (Fsp3) is 0.308. The molecule has 6 atom stereocenters. The van der Waals surface area contributed by atoms with E-state index < -0.39 is 42.9 Å². The van der Waals surface area contributed by atoms with E-state index in [2.05, 4.69) is 4.98 Å². The third kappa shape index (κ3) is 4.59. The van der Waals surface area contributed by atoms with Crippen LogP contribution < -0.4 is 5.73 Å². The molecule has 8 heteroatoms. The number of carbonyl (C=O) groups excluding carboxylic acids is 1. The number of nitrogens with two attached hydrogens (primary N) is 1. The van der Waals surface area contributed by atoms with Gasteiger partial charge in [0.15, 0.2) is 12.6 Å². The van der Waals surface area contributed by atoms with Crippen molar-refractivity contribution in [3.05, 3.63) is 101 Å². The van der Waals surface area contributed by atoms with Crippen molar-refractivity contribution in [3.63, 3.8) is 0 Å². The first kappa shape index (κ1) is 22.6. The zero-order valence-electron chi connectivity index (χ0n) is 18.4. The van der Waals surface area contributed by atoms with E-state index in [0.717, 1.165) is 11.1 Å². The Labute approximate surface area is 197 Å². The quantitative estimate of drug-likeness (QED) is 0.579. The van der Waals surface area contributed by atoms with Crippen LogP contribution in [0.5, 0.6) is 0 Å². The molecule has 2 aliphatic heterocycles. The first-order chi connectivity index (χ1) is 16.6. The van der Waals surface area contributed by atoms with Crippen LogP contribution in [0.1, 0.15) is 39.8 Å². The second-order valence-corrected chi connectivity index (χ2v) is 8.30. The van der Waals surface area contributed by atoms with Gasteiger partial charge in [-0.05, 0) is 11.6 Å². The largest absolute Gasteiger partial charge is 0.394 e. The molecular formula is C26H26N2O6. The van der Waals surface area contributed by atoms with E-state index in [-0.39, 0.29) is 12.3 Å². The number of ether oxygens (including phenoxy) is 4. The van der Waals surface area contributed by atoms with Gasteiger partial charge >= 0.3 is 0 Å². The van der Waals surface area contributed by atoms with E-state index in [4.69, 9.17) is 24.7 Å². The molecule has 0 spiro atoms. The summed E-state index contributed by atoms with van der Waals surface area (Å²) in [5.41, 5.74) is 8.05. The summed E-state index contributed by atoms with van der Waals surface area (Å²) in [5.74, 6) is -0.609. The standard InChI is InChI=1S/C26H26N2O6/c27-24(30)21-18(12-7-13-28-21)14-19-22-23(34-25(31-19)16-8-3-1-4-9-16)20(15-29)32-26(33-22)17-10-5-2-6-11-17/h1-13,19-20,22-23,25-26,29H,14-15H2,(H2,27,30)/t19-,20-,22+,23-,25?,26?/m1/s1. The number of hydrogen-bond donors (Lipinski definition) is 2. The van der Waals surface area contributed by atoms with E-state index in [0.29, 0.717) is 12.0 Å². The van der Waals surface area contributed by atoms with Crippen LogP contribution in [0.4, 0.5) is 0 Å². The summed E-state index contributed by atoms with van der Waals surface area (Å²) in [7, 11) is 0. The lowest BCUT2D eigenvalue weighted by Crippen LogP contribution is -2.59. The number of aliphatic hydroxyl groups excluding tert-OH is 1. The Morgan fingerprint density at radius 2 is 1.35 bits per heavy atom. The van der Waals surface area contributed by atoms with Gasteiger partial charge < -0.3 is 29.8 Å². The average molecular weight is 463 g/mol. The minimum Gasteiger partial charge on any atom is -0.394 e. The van der Waals surface area contributed by atoms with Crippen molar-refractivity contribution < 1.29 is 28.8 Å². The molecule has 8 nitrogen and oxygen atoms in total. The topological polar surface area (TPSA) is 113 Å². The van der Waals surface area contributed by atoms with Gasteiger partial charge in [0, 0.05) is 23.7 Å². The molecule has 0 aliphatic carbocycles. The number of amides is 1. The number of aliphatic hydroxyl groups is 1. The van der Waals surface area contributed by atoms with Crippen LogP contribution in [0.25, 0.3) is 0 Å². The fourth-order valence-corrected chi connectivity index (χ4v) is 4.46. The predicted octanol–water partition coefficient (Wildman–Crippen LogP) is 2.68. The molecule has 2 aliphatic rings. The number of aromatic nitrogens is 1. The highest BCUT2D eigenvalue weighted by Gasteiger charge is 2.50. The van der Waals surface area contributed by atoms with Gasteiger partial charge in [-0.3, -0.25) is 9.78 Å². The van der Waals surface area contributed by atoms with Gasteiger partial charge in [-0.2, -0.15) is 0 Å². The zero-order chi connectivity index (χ0) is 23.5. The average Bonchev–Trinajstić information content (AvgIpc) is 2.89. The maximum Gasteiger partial charge on any atom is 0.267 e. The van der Waals surface area contributed by atoms with Crippen molar-refractivity contribution in [2.75, 3.05) is 6.61 Å². The highest BCUT2D eigenvalue weighted by Crippen LogP contribution is 2.41. The molecule has 0 saturated carbocycles. The monoisotopic (exact) mass is 462 g/mol. The summed E-state index contributed by atoms with van der Waals surface area (Å²) in [5, 5.41) is 10.2. The van der Waals surface area contributed by atoms with Gasteiger partial charge in [0.05, 0.1) is 12.7 Å². The summed E-state index contributed by atoms with van der Waals surface area (Å²) in [6.45, 7) is -0.248. The Morgan fingerprint density at radius 3 is 1.91 bits per heavy atom. The summed E-state index contributed by atoms with van der Waals surface area (Å²) in [6.07, 6.45) is -1.87. The van der Waals surface area contributed by atoms with Crippen LogP contribution in [0.15, 0.2) is 79.0 Å². The van der Waals surface area contributed by atoms with Gasteiger partial charge in [-0.1, -0.05) is 66.7 Å². The van der Waals surface area contributed by atoms with Crippen molar-refractivity contribution in [1.29, 1.82) is 0 Å². The molecule has 2 saturated heterocycles. The van der Waals surface area contributed by atoms with E-state index in [1.807, 2.05) is 60.7 Å². The number of hydrogen-bond acceptors (Lipinski definition) is 7. The molecule has 2 unspecified atom stereocenters. The van der Waals surface area contributed by atoms with E-state index in [1.165, 1.54) is 6.20 Å². The van der Waals surface area contributed by atoms with Gasteiger partial charge in [0.2, 0.25) is 0 Å². The normalized spacial score (nSPS) is 28.7. The summed E-state index contributed by atoms with van der Waals surface area (Å²) >= 11 is 0. The van der Waals surface area contributed by atoms with Gasteiger partial charge in [0.25, 0.3) is 5.91 Å². The van der Waals surface area contributed by atoms with Crippen molar-refractivity contribution in [1.82, 2.24) is 4.98 Å². The number of rotatable bonds is 6. The third-order valence-corrected chi connectivity index (χ3v) is 6.08. The Morgan fingerprint density at radius 1 is 0.794 bits per heavy atom. The third-order valence-electron chi connectivity index (χ3n) is 6.08. The number of nitrogens with zero attached hydrogens (tertiary/aromatic N) is 1. The molecule has 3 aromatic rings. The molecular weight excluding hydrogens is 436 g/mol. The summed E-state index contributed by atoms with van der Waals surface area (Å²) in [4.78, 5) is 16.1. The van der Waals surface area contributed by atoms with Crippen LogP contribution in [0.2, 0.25) is 0 Å².